The van der Waals surface area contributed by atoms with Crippen molar-refractivity contribution in [3.63, 3.8) is 0 Å². The van der Waals surface area contributed by atoms with Gasteiger partial charge in [-0.2, -0.15) is 13.2 Å². The van der Waals surface area contributed by atoms with Crippen LogP contribution in [-0.4, -0.2) is 46.0 Å². The molecule has 1 saturated heterocycles. The summed E-state index contributed by atoms with van der Waals surface area (Å²) in [7, 11) is 1.74. The normalized spacial score (nSPS) is 14.5. The number of aliphatic carboxylic acids is 1. The summed E-state index contributed by atoms with van der Waals surface area (Å²) in [6, 6.07) is 7.66. The Morgan fingerprint density at radius 3 is 2.52 bits per heavy atom. The number of fused-ring (bicyclic) bond motifs is 1. The molecule has 1 aliphatic heterocycles. The van der Waals surface area contributed by atoms with Gasteiger partial charge in [0, 0.05) is 31.2 Å². The van der Waals surface area contributed by atoms with E-state index >= 15 is 0 Å². The molecule has 2 N–H and O–H groups in total. The van der Waals surface area contributed by atoms with Crippen LogP contribution in [0.5, 0.6) is 5.75 Å². The third-order valence-corrected chi connectivity index (χ3v) is 5.35. The monoisotopic (exact) mass is 483 g/mol. The predicted molar refractivity (Wildman–Crippen MR) is 118 cm³/mol. The van der Waals surface area contributed by atoms with Gasteiger partial charge >= 0.3 is 12.1 Å². The van der Waals surface area contributed by atoms with Crippen LogP contribution in [0.15, 0.2) is 47.7 Å². The number of hydrogen-bond donors (Lipinski definition) is 2. The van der Waals surface area contributed by atoms with E-state index < -0.39 is 12.1 Å². The van der Waals surface area contributed by atoms with Gasteiger partial charge in [-0.3, -0.25) is 9.78 Å². The van der Waals surface area contributed by atoms with Gasteiger partial charge in [0.2, 0.25) is 0 Å². The van der Waals surface area contributed by atoms with Crippen molar-refractivity contribution in [2.45, 2.75) is 25.1 Å². The van der Waals surface area contributed by atoms with E-state index in [1.165, 1.54) is 0 Å². The van der Waals surface area contributed by atoms with Crippen molar-refractivity contribution in [3.8, 4) is 16.9 Å². The predicted octanol–water partition coefficient (Wildman–Crippen LogP) is 4.02. The zero-order chi connectivity index (χ0) is 24.2. The number of nitrogens with zero attached hydrogens (tertiary/aromatic N) is 2. The maximum Gasteiger partial charge on any atom is 0.490 e. The summed E-state index contributed by atoms with van der Waals surface area (Å²) in [5, 5.41) is 12.5. The van der Waals surface area contributed by atoms with Crippen molar-refractivity contribution in [2.75, 3.05) is 13.1 Å². The quantitative estimate of drug-likeness (QED) is 0.584. The first kappa shape index (κ1) is 24.5. The van der Waals surface area contributed by atoms with Crippen LogP contribution < -0.4 is 15.6 Å². The van der Waals surface area contributed by atoms with Gasteiger partial charge in [-0.1, -0.05) is 17.7 Å². The number of benzene rings is 1. The van der Waals surface area contributed by atoms with E-state index in [0.717, 1.165) is 42.4 Å². The summed E-state index contributed by atoms with van der Waals surface area (Å²) in [5.41, 5.74) is 1.83. The van der Waals surface area contributed by atoms with Gasteiger partial charge < -0.3 is 19.7 Å². The van der Waals surface area contributed by atoms with Gasteiger partial charge in [0.25, 0.3) is 5.56 Å². The lowest BCUT2D eigenvalue weighted by Gasteiger charge is -2.24. The molecule has 7 nitrogen and oxygen atoms in total. The highest BCUT2D eigenvalue weighted by Gasteiger charge is 2.38. The molecule has 0 atom stereocenters. The second-order valence-corrected chi connectivity index (χ2v) is 7.80. The molecule has 0 unspecified atom stereocenters. The molecule has 0 aliphatic carbocycles. The highest BCUT2D eigenvalue weighted by atomic mass is 35.5. The Hall–Kier alpha value is -3.11. The number of carboxylic acids is 1. The summed E-state index contributed by atoms with van der Waals surface area (Å²) in [6.45, 7) is 1.94. The molecule has 1 aliphatic rings. The number of ether oxygens (including phenoxy) is 1. The Morgan fingerprint density at radius 2 is 1.91 bits per heavy atom. The molecule has 3 aromatic rings. The lowest BCUT2D eigenvalue weighted by atomic mass is 10.0. The number of hydrogen-bond acceptors (Lipinski definition) is 5. The number of piperidine rings is 1. The molecule has 2 aromatic heterocycles. The highest BCUT2D eigenvalue weighted by molar-refractivity contribution is 6.32. The van der Waals surface area contributed by atoms with Crippen LogP contribution in [0.3, 0.4) is 0 Å². The van der Waals surface area contributed by atoms with Gasteiger partial charge in [0.1, 0.15) is 11.9 Å². The van der Waals surface area contributed by atoms with Crippen molar-refractivity contribution in [1.29, 1.82) is 0 Å². The highest BCUT2D eigenvalue weighted by Crippen LogP contribution is 2.34. The second-order valence-electron chi connectivity index (χ2n) is 7.40. The number of carboxylic acid groups (broad SMARTS) is 1. The Balaban J connectivity index is 0.000000383. The van der Waals surface area contributed by atoms with E-state index in [2.05, 4.69) is 10.3 Å². The number of pyridine rings is 2. The van der Waals surface area contributed by atoms with Crippen molar-refractivity contribution < 1.29 is 27.8 Å². The first-order valence-electron chi connectivity index (χ1n) is 9.98. The van der Waals surface area contributed by atoms with Crippen LogP contribution in [0.2, 0.25) is 5.02 Å². The lowest BCUT2D eigenvalue weighted by molar-refractivity contribution is -0.192. The zero-order valence-corrected chi connectivity index (χ0v) is 18.3. The molecule has 11 heteroatoms. The molecule has 0 bridgehead atoms. The Morgan fingerprint density at radius 1 is 1.24 bits per heavy atom. The summed E-state index contributed by atoms with van der Waals surface area (Å²) >= 11 is 6.50. The molecule has 3 heterocycles. The fourth-order valence-electron chi connectivity index (χ4n) is 3.40. The number of rotatable bonds is 3. The van der Waals surface area contributed by atoms with Crippen LogP contribution in [0.1, 0.15) is 12.8 Å². The molecular formula is C22H21ClF3N3O4. The molecule has 1 fully saturated rings. The number of halogens is 4. The van der Waals surface area contributed by atoms with Crippen LogP contribution in [0, 0.1) is 0 Å². The zero-order valence-electron chi connectivity index (χ0n) is 17.5. The summed E-state index contributed by atoms with van der Waals surface area (Å²) in [5.74, 6) is -2.05. The summed E-state index contributed by atoms with van der Waals surface area (Å²) in [4.78, 5) is 25.3. The van der Waals surface area contributed by atoms with Gasteiger partial charge in [-0.15, -0.1) is 0 Å². The minimum Gasteiger partial charge on any atom is -0.489 e. The first-order valence-corrected chi connectivity index (χ1v) is 10.4. The van der Waals surface area contributed by atoms with E-state index in [4.69, 9.17) is 26.2 Å². The van der Waals surface area contributed by atoms with E-state index in [1.54, 1.807) is 24.0 Å². The van der Waals surface area contributed by atoms with Crippen LogP contribution in [0.25, 0.3) is 21.9 Å². The first-order chi connectivity index (χ1) is 15.6. The van der Waals surface area contributed by atoms with Crippen molar-refractivity contribution >= 4 is 28.3 Å². The Labute approximate surface area is 191 Å². The van der Waals surface area contributed by atoms with Gasteiger partial charge in [0.05, 0.1) is 10.4 Å². The minimum atomic E-state index is -5.08. The second kappa shape index (κ2) is 10.2. The molecule has 0 amide bonds. The standard InChI is InChI=1S/C20H20ClN3O2.C2HF3O2/c1-24-12-17(15-6-9-23-11-16(15)20(24)25)13-2-3-19(18(21)10-13)26-14-4-7-22-8-5-14;3-2(4,5)1(6)7/h2-3,6,9-12,14,22H,4-5,7-8H2,1H3;(H,6,7). The van der Waals surface area contributed by atoms with Crippen molar-refractivity contribution in [2.24, 2.45) is 7.05 Å². The molecule has 4 rings (SSSR count). The van der Waals surface area contributed by atoms with Crippen LogP contribution in [-0.2, 0) is 11.8 Å². The molecule has 0 saturated carbocycles. The molecule has 1 aromatic carbocycles. The Bertz CT molecular complexity index is 1210. The van der Waals surface area contributed by atoms with E-state index in [1.807, 2.05) is 30.5 Å². The number of aromatic nitrogens is 2. The number of carbonyl (C=O) groups is 1. The third kappa shape index (κ3) is 6.02. The number of aryl methyl sites for hydroxylation is 1. The van der Waals surface area contributed by atoms with Crippen LogP contribution >= 0.6 is 11.6 Å². The van der Waals surface area contributed by atoms with Gasteiger partial charge in [-0.05, 0) is 55.1 Å². The minimum absolute atomic E-state index is 0.0613. The Kier molecular flexibility index (Phi) is 7.60. The lowest BCUT2D eigenvalue weighted by Crippen LogP contribution is -2.34. The van der Waals surface area contributed by atoms with Gasteiger partial charge in [-0.25, -0.2) is 4.79 Å². The summed E-state index contributed by atoms with van der Waals surface area (Å²) < 4.78 is 39.4. The molecule has 0 radical (unpaired) electrons. The smallest absolute Gasteiger partial charge is 0.489 e. The van der Waals surface area contributed by atoms with Crippen molar-refractivity contribution in [3.05, 3.63) is 58.2 Å². The summed E-state index contributed by atoms with van der Waals surface area (Å²) in [6.07, 6.45) is 2.22. The van der Waals surface area contributed by atoms with E-state index in [-0.39, 0.29) is 11.7 Å². The maximum atomic E-state index is 12.3. The number of nitrogens with one attached hydrogen (secondary N) is 1. The molecule has 176 valence electrons. The van der Waals surface area contributed by atoms with E-state index in [0.29, 0.717) is 16.2 Å². The SMILES string of the molecule is Cn1cc(-c2ccc(OC3CCNCC3)c(Cl)c2)c2ccncc2c1=O.O=C(O)C(F)(F)F. The average molecular weight is 484 g/mol. The number of alkyl halides is 3. The van der Waals surface area contributed by atoms with Gasteiger partial charge in [0.15, 0.2) is 0 Å². The largest absolute Gasteiger partial charge is 0.490 e. The molecule has 33 heavy (non-hydrogen) atoms. The molecule has 0 spiro atoms. The van der Waals surface area contributed by atoms with Crippen molar-refractivity contribution in [1.82, 2.24) is 14.9 Å². The third-order valence-electron chi connectivity index (χ3n) is 5.05. The van der Waals surface area contributed by atoms with E-state index in [9.17, 15) is 18.0 Å². The average Bonchev–Trinajstić information content (AvgIpc) is 2.78. The topological polar surface area (TPSA) is 93.5 Å². The fraction of sp³-hybridized carbons (Fsp3) is 0.318. The van der Waals surface area contributed by atoms with Crippen LogP contribution in [0.4, 0.5) is 13.2 Å². The molecular weight excluding hydrogens is 463 g/mol. The fourth-order valence-corrected chi connectivity index (χ4v) is 3.62. The maximum absolute atomic E-state index is 12.3.